The molecule has 0 aliphatic heterocycles. The standard InChI is InChI=1S/C16H18N2O2S/c1-3-17-14(19)10-18-16(20)15-13(8-9-21-15)12-6-4-11(2)5-7-12/h4-9H,3,10H2,1-2H3,(H,17,19)(H,18,20). The fourth-order valence-corrected chi connectivity index (χ4v) is 2.78. The number of amides is 2. The maximum Gasteiger partial charge on any atom is 0.262 e. The zero-order valence-corrected chi connectivity index (χ0v) is 12.9. The second kappa shape index (κ2) is 7.04. The molecule has 0 unspecified atom stereocenters. The number of rotatable bonds is 5. The van der Waals surface area contributed by atoms with Crippen molar-refractivity contribution < 1.29 is 9.59 Å². The van der Waals surface area contributed by atoms with Crippen molar-refractivity contribution in [2.24, 2.45) is 0 Å². The Hall–Kier alpha value is -2.14. The molecule has 0 aliphatic rings. The summed E-state index contributed by atoms with van der Waals surface area (Å²) < 4.78 is 0. The molecular weight excluding hydrogens is 284 g/mol. The number of carbonyl (C=O) groups excluding carboxylic acids is 2. The summed E-state index contributed by atoms with van der Waals surface area (Å²) in [4.78, 5) is 24.2. The van der Waals surface area contributed by atoms with E-state index in [-0.39, 0.29) is 18.4 Å². The summed E-state index contributed by atoms with van der Waals surface area (Å²) in [6, 6.07) is 9.96. The molecule has 0 spiro atoms. The van der Waals surface area contributed by atoms with E-state index in [9.17, 15) is 9.59 Å². The monoisotopic (exact) mass is 302 g/mol. The lowest BCUT2D eigenvalue weighted by atomic mass is 10.0. The molecule has 2 rings (SSSR count). The third kappa shape index (κ3) is 3.92. The van der Waals surface area contributed by atoms with E-state index in [1.807, 2.05) is 49.6 Å². The number of aryl methyl sites for hydroxylation is 1. The maximum absolute atomic E-state index is 12.2. The Balaban J connectivity index is 2.11. The molecule has 2 aromatic rings. The molecule has 0 fully saturated rings. The van der Waals surface area contributed by atoms with Gasteiger partial charge in [0.15, 0.2) is 0 Å². The molecule has 0 saturated heterocycles. The molecular formula is C16H18N2O2S. The first-order valence-corrected chi connectivity index (χ1v) is 7.69. The van der Waals surface area contributed by atoms with Gasteiger partial charge >= 0.3 is 0 Å². The minimum atomic E-state index is -0.216. The third-order valence-corrected chi connectivity index (χ3v) is 3.93. The lowest BCUT2D eigenvalue weighted by molar-refractivity contribution is -0.120. The van der Waals surface area contributed by atoms with Crippen LogP contribution < -0.4 is 10.6 Å². The topological polar surface area (TPSA) is 58.2 Å². The second-order valence-electron chi connectivity index (χ2n) is 4.67. The Bertz CT molecular complexity index is 632. The fourth-order valence-electron chi connectivity index (χ4n) is 1.95. The first-order chi connectivity index (χ1) is 10.1. The van der Waals surface area contributed by atoms with Crippen LogP contribution in [0.15, 0.2) is 35.7 Å². The van der Waals surface area contributed by atoms with E-state index in [0.717, 1.165) is 11.1 Å². The van der Waals surface area contributed by atoms with E-state index < -0.39 is 0 Å². The van der Waals surface area contributed by atoms with Gasteiger partial charge in [0.1, 0.15) is 0 Å². The number of thiophene rings is 1. The van der Waals surface area contributed by atoms with Gasteiger partial charge in [0, 0.05) is 12.1 Å². The van der Waals surface area contributed by atoms with E-state index in [0.29, 0.717) is 11.4 Å². The van der Waals surface area contributed by atoms with Crippen LogP contribution in [0.1, 0.15) is 22.2 Å². The van der Waals surface area contributed by atoms with Crippen molar-refractivity contribution in [3.63, 3.8) is 0 Å². The Kier molecular flexibility index (Phi) is 5.11. The lowest BCUT2D eigenvalue weighted by Crippen LogP contribution is -2.36. The predicted octanol–water partition coefficient (Wildman–Crippen LogP) is 2.59. The summed E-state index contributed by atoms with van der Waals surface area (Å²) in [5, 5.41) is 7.18. The largest absolute Gasteiger partial charge is 0.355 e. The van der Waals surface area contributed by atoms with Gasteiger partial charge in [0.2, 0.25) is 5.91 Å². The molecule has 2 amide bonds. The number of carbonyl (C=O) groups is 2. The summed E-state index contributed by atoms with van der Waals surface area (Å²) in [6.07, 6.45) is 0. The summed E-state index contributed by atoms with van der Waals surface area (Å²) in [5.41, 5.74) is 3.08. The average Bonchev–Trinajstić information content (AvgIpc) is 2.95. The zero-order chi connectivity index (χ0) is 15.2. The summed E-state index contributed by atoms with van der Waals surface area (Å²) >= 11 is 1.38. The van der Waals surface area contributed by atoms with Crippen LogP contribution >= 0.6 is 11.3 Å². The first kappa shape index (κ1) is 15.3. The molecule has 0 aliphatic carbocycles. The van der Waals surface area contributed by atoms with Gasteiger partial charge in [-0.1, -0.05) is 29.8 Å². The van der Waals surface area contributed by atoms with Gasteiger partial charge in [-0.15, -0.1) is 11.3 Å². The molecule has 0 atom stereocenters. The minimum absolute atomic E-state index is 0.00207. The summed E-state index contributed by atoms with van der Waals surface area (Å²) in [7, 11) is 0. The molecule has 0 radical (unpaired) electrons. The van der Waals surface area contributed by atoms with E-state index in [1.165, 1.54) is 16.9 Å². The highest BCUT2D eigenvalue weighted by Crippen LogP contribution is 2.28. The van der Waals surface area contributed by atoms with Crippen LogP contribution in [0.25, 0.3) is 11.1 Å². The number of benzene rings is 1. The Morgan fingerprint density at radius 1 is 1.10 bits per heavy atom. The van der Waals surface area contributed by atoms with Crippen LogP contribution in [0.5, 0.6) is 0 Å². The van der Waals surface area contributed by atoms with E-state index >= 15 is 0 Å². The highest BCUT2D eigenvalue weighted by Gasteiger charge is 2.15. The molecule has 21 heavy (non-hydrogen) atoms. The maximum atomic E-state index is 12.2. The fraction of sp³-hybridized carbons (Fsp3) is 0.250. The molecule has 1 heterocycles. The highest BCUT2D eigenvalue weighted by molar-refractivity contribution is 7.12. The molecule has 0 bridgehead atoms. The van der Waals surface area contributed by atoms with Crippen molar-refractivity contribution in [3.05, 3.63) is 46.2 Å². The lowest BCUT2D eigenvalue weighted by Gasteiger charge is -2.07. The highest BCUT2D eigenvalue weighted by atomic mass is 32.1. The normalized spacial score (nSPS) is 10.2. The van der Waals surface area contributed by atoms with Gasteiger partial charge in [0.05, 0.1) is 11.4 Å². The molecule has 2 N–H and O–H groups in total. The van der Waals surface area contributed by atoms with Crippen molar-refractivity contribution in [2.75, 3.05) is 13.1 Å². The molecule has 5 heteroatoms. The van der Waals surface area contributed by atoms with Gasteiger partial charge in [0.25, 0.3) is 5.91 Å². The van der Waals surface area contributed by atoms with E-state index in [2.05, 4.69) is 10.6 Å². The van der Waals surface area contributed by atoms with Crippen LogP contribution in [0, 0.1) is 6.92 Å². The van der Waals surface area contributed by atoms with Crippen LogP contribution in [0.3, 0.4) is 0 Å². The molecule has 110 valence electrons. The number of nitrogens with one attached hydrogen (secondary N) is 2. The number of hydrogen-bond acceptors (Lipinski definition) is 3. The van der Waals surface area contributed by atoms with Crippen LogP contribution in [-0.4, -0.2) is 24.9 Å². The summed E-state index contributed by atoms with van der Waals surface area (Å²) in [6.45, 7) is 4.42. The number of likely N-dealkylation sites (N-methyl/N-ethyl adjacent to an activating group) is 1. The Morgan fingerprint density at radius 2 is 1.81 bits per heavy atom. The smallest absolute Gasteiger partial charge is 0.262 e. The predicted molar refractivity (Wildman–Crippen MR) is 85.5 cm³/mol. The van der Waals surface area contributed by atoms with Crippen molar-refractivity contribution in [3.8, 4) is 11.1 Å². The van der Waals surface area contributed by atoms with Gasteiger partial charge in [-0.05, 0) is 30.9 Å². The van der Waals surface area contributed by atoms with Crippen LogP contribution in [0.2, 0.25) is 0 Å². The van der Waals surface area contributed by atoms with Gasteiger partial charge < -0.3 is 10.6 Å². The second-order valence-corrected chi connectivity index (χ2v) is 5.58. The van der Waals surface area contributed by atoms with Crippen LogP contribution in [0.4, 0.5) is 0 Å². The minimum Gasteiger partial charge on any atom is -0.355 e. The third-order valence-electron chi connectivity index (χ3n) is 3.02. The number of hydrogen-bond donors (Lipinski definition) is 2. The quantitative estimate of drug-likeness (QED) is 0.892. The first-order valence-electron chi connectivity index (χ1n) is 6.81. The molecule has 1 aromatic carbocycles. The SMILES string of the molecule is CCNC(=O)CNC(=O)c1sccc1-c1ccc(C)cc1. The van der Waals surface area contributed by atoms with Crippen LogP contribution in [-0.2, 0) is 4.79 Å². The Morgan fingerprint density at radius 3 is 2.48 bits per heavy atom. The van der Waals surface area contributed by atoms with Gasteiger partial charge in [-0.25, -0.2) is 0 Å². The van der Waals surface area contributed by atoms with Crippen molar-refractivity contribution in [1.29, 1.82) is 0 Å². The molecule has 4 nitrogen and oxygen atoms in total. The van der Waals surface area contributed by atoms with Gasteiger partial charge in [-0.2, -0.15) is 0 Å². The zero-order valence-electron chi connectivity index (χ0n) is 12.1. The van der Waals surface area contributed by atoms with Crippen molar-refractivity contribution >= 4 is 23.2 Å². The van der Waals surface area contributed by atoms with E-state index in [1.54, 1.807) is 0 Å². The van der Waals surface area contributed by atoms with E-state index in [4.69, 9.17) is 0 Å². The van der Waals surface area contributed by atoms with Gasteiger partial charge in [-0.3, -0.25) is 9.59 Å². The molecule has 1 aromatic heterocycles. The summed E-state index contributed by atoms with van der Waals surface area (Å²) in [5.74, 6) is -0.397. The van der Waals surface area contributed by atoms with Crippen molar-refractivity contribution in [1.82, 2.24) is 10.6 Å². The molecule has 0 saturated carbocycles. The Labute approximate surface area is 128 Å². The van der Waals surface area contributed by atoms with Crippen molar-refractivity contribution in [2.45, 2.75) is 13.8 Å². The average molecular weight is 302 g/mol.